The Morgan fingerprint density at radius 1 is 1.38 bits per heavy atom. The summed E-state index contributed by atoms with van der Waals surface area (Å²) < 4.78 is 32.3. The molecule has 0 saturated carbocycles. The number of nitrogens with zero attached hydrogens (tertiary/aromatic N) is 2. The van der Waals surface area contributed by atoms with Crippen molar-refractivity contribution in [1.82, 2.24) is 10.2 Å². The number of fused-ring (bicyclic) bond motifs is 1. The third-order valence-electron chi connectivity index (χ3n) is 4.10. The largest absolute Gasteiger partial charge is 0.494 e. The molecule has 1 amide bonds. The van der Waals surface area contributed by atoms with Gasteiger partial charge in [0.1, 0.15) is 11.6 Å². The first kappa shape index (κ1) is 18.2. The molecule has 0 radical (unpaired) electrons. The number of carbonyl (C=O) groups is 1. The van der Waals surface area contributed by atoms with Crippen LogP contribution in [-0.4, -0.2) is 44.0 Å². The summed E-state index contributed by atoms with van der Waals surface area (Å²) in [5.74, 6) is 0.808. The molecule has 138 valence electrons. The van der Waals surface area contributed by atoms with E-state index in [-0.39, 0.29) is 24.2 Å². The third-order valence-corrected chi connectivity index (χ3v) is 5.27. The first-order valence-corrected chi connectivity index (χ1v) is 10.0. The van der Waals surface area contributed by atoms with E-state index in [0.717, 1.165) is 11.3 Å². The fraction of sp³-hybridized carbons (Fsp3) is 0.333. The Morgan fingerprint density at radius 3 is 2.96 bits per heavy atom. The Bertz CT molecular complexity index is 903. The molecule has 1 aromatic carbocycles. The summed E-state index contributed by atoms with van der Waals surface area (Å²) in [6.45, 7) is 4.69. The minimum atomic E-state index is -3.40. The maximum absolute atomic E-state index is 12.5. The topological polar surface area (TPSA) is 88.1 Å². The number of carbonyl (C=O) groups excluding carboxylic acids is 1. The first-order valence-electron chi connectivity index (χ1n) is 8.41. The highest BCUT2D eigenvalue weighted by Crippen LogP contribution is 2.21. The lowest BCUT2D eigenvalue weighted by atomic mass is 10.1. The fourth-order valence-electron chi connectivity index (χ4n) is 2.74. The van der Waals surface area contributed by atoms with Crippen molar-refractivity contribution in [2.24, 2.45) is 4.40 Å². The zero-order valence-corrected chi connectivity index (χ0v) is 15.5. The second-order valence-electron chi connectivity index (χ2n) is 6.05. The van der Waals surface area contributed by atoms with E-state index in [2.05, 4.69) is 9.71 Å². The van der Waals surface area contributed by atoms with Gasteiger partial charge in [-0.15, -0.1) is 4.40 Å². The van der Waals surface area contributed by atoms with Gasteiger partial charge in [0.05, 0.1) is 24.0 Å². The smallest absolute Gasteiger partial charge is 0.256 e. The van der Waals surface area contributed by atoms with Crippen molar-refractivity contribution < 1.29 is 17.9 Å². The standard InChI is InChI=1S/C18H21N3O4S/c1-3-25-16-6-4-5-14(11-16)13(2)19-18(22)15-7-8-17-20-26(23,24)10-9-21(17)12-15/h4-8,11-13H,3,9-10H2,1-2H3,(H,19,22). The van der Waals surface area contributed by atoms with Crippen LogP contribution in [0, 0.1) is 0 Å². The van der Waals surface area contributed by atoms with Crippen LogP contribution >= 0.6 is 0 Å². The molecule has 0 spiro atoms. The molecule has 0 aliphatic carbocycles. The van der Waals surface area contributed by atoms with Gasteiger partial charge in [0, 0.05) is 12.7 Å². The van der Waals surface area contributed by atoms with Crippen molar-refractivity contribution in [3.8, 4) is 5.75 Å². The summed E-state index contributed by atoms with van der Waals surface area (Å²) in [7, 11) is -3.40. The van der Waals surface area contributed by atoms with Crippen LogP contribution in [0.5, 0.6) is 5.75 Å². The Kier molecular flexibility index (Phi) is 5.13. The molecule has 8 heteroatoms. The van der Waals surface area contributed by atoms with Gasteiger partial charge in [-0.2, -0.15) is 0 Å². The number of amides is 1. The molecule has 0 aromatic heterocycles. The Balaban J connectivity index is 1.70. The molecule has 7 nitrogen and oxygen atoms in total. The highest BCUT2D eigenvalue weighted by atomic mass is 32.2. The molecule has 1 aromatic rings. The lowest BCUT2D eigenvalue weighted by Crippen LogP contribution is -2.38. The Hall–Kier alpha value is -2.61. The first-order chi connectivity index (χ1) is 12.4. The van der Waals surface area contributed by atoms with Crippen LogP contribution in [0.25, 0.3) is 0 Å². The molecule has 1 unspecified atom stereocenters. The number of amidine groups is 1. The SMILES string of the molecule is CCOc1cccc(C(C)NC(=O)C2=CN3CCS(=O)(=O)N=C3C=C2)c1. The van der Waals surface area contributed by atoms with Crippen molar-refractivity contribution in [1.29, 1.82) is 0 Å². The molecule has 2 heterocycles. The van der Waals surface area contributed by atoms with Crippen LogP contribution in [0.3, 0.4) is 0 Å². The highest BCUT2D eigenvalue weighted by Gasteiger charge is 2.25. The van der Waals surface area contributed by atoms with Gasteiger partial charge in [0.15, 0.2) is 0 Å². The van der Waals surface area contributed by atoms with Crippen LogP contribution in [0.15, 0.2) is 52.6 Å². The van der Waals surface area contributed by atoms with E-state index in [4.69, 9.17) is 4.74 Å². The van der Waals surface area contributed by atoms with Crippen molar-refractivity contribution >= 4 is 21.8 Å². The van der Waals surface area contributed by atoms with Crippen LogP contribution in [0.1, 0.15) is 25.5 Å². The molecule has 0 saturated heterocycles. The quantitative estimate of drug-likeness (QED) is 0.847. The second-order valence-corrected chi connectivity index (χ2v) is 7.80. The van der Waals surface area contributed by atoms with Gasteiger partial charge >= 0.3 is 0 Å². The summed E-state index contributed by atoms with van der Waals surface area (Å²) >= 11 is 0. The van der Waals surface area contributed by atoms with Gasteiger partial charge in [-0.25, -0.2) is 8.42 Å². The molecule has 2 aliphatic rings. The molecule has 26 heavy (non-hydrogen) atoms. The summed E-state index contributed by atoms with van der Waals surface area (Å²) in [6.07, 6.45) is 4.76. The predicted octanol–water partition coefficient (Wildman–Crippen LogP) is 1.76. The van der Waals surface area contributed by atoms with E-state index in [0.29, 0.717) is 18.0 Å². The van der Waals surface area contributed by atoms with Gasteiger partial charge in [-0.3, -0.25) is 4.79 Å². The second kappa shape index (κ2) is 7.33. The number of rotatable bonds is 5. The zero-order chi connectivity index (χ0) is 18.7. The van der Waals surface area contributed by atoms with E-state index < -0.39 is 10.0 Å². The number of sulfonamides is 1. The molecule has 1 N–H and O–H groups in total. The molecule has 0 bridgehead atoms. The Labute approximate surface area is 153 Å². The predicted molar refractivity (Wildman–Crippen MR) is 99.3 cm³/mol. The van der Waals surface area contributed by atoms with Crippen molar-refractivity contribution in [2.75, 3.05) is 18.9 Å². The van der Waals surface area contributed by atoms with Gasteiger partial charge in [-0.05, 0) is 43.7 Å². The van der Waals surface area contributed by atoms with Crippen molar-refractivity contribution in [3.05, 3.63) is 53.8 Å². The lowest BCUT2D eigenvalue weighted by Gasteiger charge is -2.27. The van der Waals surface area contributed by atoms with Crippen LogP contribution in [0.2, 0.25) is 0 Å². The zero-order valence-electron chi connectivity index (χ0n) is 14.7. The number of hydrogen-bond donors (Lipinski definition) is 1. The van der Waals surface area contributed by atoms with E-state index in [9.17, 15) is 13.2 Å². The third kappa shape index (κ3) is 4.13. The van der Waals surface area contributed by atoms with Gasteiger partial charge < -0.3 is 15.0 Å². The molecular weight excluding hydrogens is 354 g/mol. The number of hydrogen-bond acceptors (Lipinski definition) is 5. The molecule has 2 aliphatic heterocycles. The summed E-state index contributed by atoms with van der Waals surface area (Å²) in [5, 5.41) is 2.95. The number of benzene rings is 1. The summed E-state index contributed by atoms with van der Waals surface area (Å²) in [6, 6.07) is 7.39. The van der Waals surface area contributed by atoms with E-state index in [1.807, 2.05) is 38.1 Å². The number of nitrogens with one attached hydrogen (secondary N) is 1. The molecular formula is C18H21N3O4S. The normalized spacial score (nSPS) is 19.1. The fourth-order valence-corrected chi connectivity index (χ4v) is 3.71. The molecule has 0 fully saturated rings. The highest BCUT2D eigenvalue weighted by molar-refractivity contribution is 7.90. The summed E-state index contributed by atoms with van der Waals surface area (Å²) in [5.41, 5.74) is 1.40. The maximum atomic E-state index is 12.5. The monoisotopic (exact) mass is 375 g/mol. The van der Waals surface area contributed by atoms with E-state index >= 15 is 0 Å². The average Bonchev–Trinajstić information content (AvgIpc) is 2.61. The van der Waals surface area contributed by atoms with Crippen LogP contribution < -0.4 is 10.1 Å². The molecule has 1 atom stereocenters. The lowest BCUT2D eigenvalue weighted by molar-refractivity contribution is -0.117. The van der Waals surface area contributed by atoms with Gasteiger partial charge in [-0.1, -0.05) is 12.1 Å². The number of ether oxygens (including phenoxy) is 1. The van der Waals surface area contributed by atoms with Gasteiger partial charge in [0.25, 0.3) is 15.9 Å². The van der Waals surface area contributed by atoms with Gasteiger partial charge in [0.2, 0.25) is 0 Å². The van der Waals surface area contributed by atoms with Crippen LogP contribution in [0.4, 0.5) is 0 Å². The summed E-state index contributed by atoms with van der Waals surface area (Å²) in [4.78, 5) is 14.2. The molecule has 3 rings (SSSR count). The van der Waals surface area contributed by atoms with E-state index in [1.54, 1.807) is 23.3 Å². The minimum Gasteiger partial charge on any atom is -0.494 e. The Morgan fingerprint density at radius 2 is 2.19 bits per heavy atom. The van der Waals surface area contributed by atoms with Crippen molar-refractivity contribution in [2.45, 2.75) is 19.9 Å². The van der Waals surface area contributed by atoms with Crippen LogP contribution in [-0.2, 0) is 14.8 Å². The average molecular weight is 375 g/mol. The maximum Gasteiger partial charge on any atom is 0.256 e. The minimum absolute atomic E-state index is 0.0592. The van der Waals surface area contributed by atoms with E-state index in [1.165, 1.54) is 0 Å². The van der Waals surface area contributed by atoms with Crippen molar-refractivity contribution in [3.63, 3.8) is 0 Å².